The molecule has 9 nitrogen and oxygen atoms in total. The van der Waals surface area contributed by atoms with Gasteiger partial charge in [0, 0.05) is 39.0 Å². The van der Waals surface area contributed by atoms with Crippen molar-refractivity contribution in [2.75, 3.05) is 36.8 Å². The fourth-order valence-electron chi connectivity index (χ4n) is 5.98. The first-order chi connectivity index (χ1) is 19.9. The number of fused-ring (bicyclic) bond motifs is 1. The second kappa shape index (κ2) is 11.2. The summed E-state index contributed by atoms with van der Waals surface area (Å²) < 4.78 is 12.4. The van der Waals surface area contributed by atoms with E-state index >= 15 is 0 Å². The Bertz CT molecular complexity index is 1490. The van der Waals surface area contributed by atoms with E-state index in [1.165, 1.54) is 5.56 Å². The van der Waals surface area contributed by atoms with E-state index in [2.05, 4.69) is 28.1 Å². The van der Waals surface area contributed by atoms with Gasteiger partial charge in [-0.05, 0) is 42.7 Å². The Kier molecular flexibility index (Phi) is 7.33. The number of nitrogens with zero attached hydrogens (tertiary/aromatic N) is 4. The van der Waals surface area contributed by atoms with Gasteiger partial charge in [-0.1, -0.05) is 30.3 Å². The Morgan fingerprint density at radius 3 is 2.59 bits per heavy atom. The Balaban J connectivity index is 1.06. The number of nitrogen functional groups attached to an aromatic ring is 1. The minimum Gasteiger partial charge on any atom is -0.486 e. The Hall–Kier alpha value is -4.42. The number of Topliss-reactive ketones (excluding diaryl/α,β-unsaturated/α-hetero) is 1. The number of anilines is 2. The first kappa shape index (κ1) is 26.8. The second-order valence-electron chi connectivity index (χ2n) is 11.1. The molecule has 6 rings (SSSR count). The number of nitrogens with two attached hydrogens (primary N) is 1. The van der Waals surface area contributed by atoms with Crippen LogP contribution in [0.2, 0.25) is 0 Å². The van der Waals surface area contributed by atoms with Crippen LogP contribution in [0.25, 0.3) is 0 Å². The Morgan fingerprint density at radius 2 is 1.85 bits per heavy atom. The summed E-state index contributed by atoms with van der Waals surface area (Å²) in [6, 6.07) is 19.0. The third-order valence-corrected chi connectivity index (χ3v) is 8.43. The molecule has 0 unspecified atom stereocenters. The number of ether oxygens (including phenoxy) is 2. The van der Waals surface area contributed by atoms with E-state index < -0.39 is 5.60 Å². The third kappa shape index (κ3) is 5.61. The lowest BCUT2D eigenvalue weighted by molar-refractivity contribution is -0.00569. The number of likely N-dealkylation sites (tertiary alicyclic amines) is 1. The number of hydrogen-bond acceptors (Lipinski definition) is 8. The van der Waals surface area contributed by atoms with Crippen LogP contribution in [0.3, 0.4) is 0 Å². The molecule has 1 amide bonds. The molecule has 9 heteroatoms. The van der Waals surface area contributed by atoms with Gasteiger partial charge in [-0.2, -0.15) is 5.26 Å². The maximum absolute atomic E-state index is 13.6. The monoisotopic (exact) mass is 551 g/mol. The molecule has 0 radical (unpaired) electrons. The molecular formula is C32H33N5O4. The first-order valence-corrected chi connectivity index (χ1v) is 14.1. The van der Waals surface area contributed by atoms with Crippen molar-refractivity contribution >= 4 is 23.2 Å². The smallest absolute Gasteiger partial charge is 0.256 e. The Labute approximate surface area is 239 Å². The highest BCUT2D eigenvalue weighted by Crippen LogP contribution is 2.40. The third-order valence-electron chi connectivity index (χ3n) is 8.43. The summed E-state index contributed by atoms with van der Waals surface area (Å²) in [5, 5.41) is 9.16. The van der Waals surface area contributed by atoms with Crippen LogP contribution < -0.4 is 15.4 Å². The Morgan fingerprint density at radius 1 is 1.10 bits per heavy atom. The number of pyridine rings is 1. The number of rotatable bonds is 5. The molecule has 3 aliphatic rings. The van der Waals surface area contributed by atoms with Crippen LogP contribution in [0.15, 0.2) is 60.8 Å². The van der Waals surface area contributed by atoms with Crippen LogP contribution in [-0.4, -0.2) is 59.5 Å². The normalized spacial score (nSPS) is 18.5. The van der Waals surface area contributed by atoms with Crippen molar-refractivity contribution in [1.29, 1.82) is 5.26 Å². The van der Waals surface area contributed by atoms with Gasteiger partial charge in [0.2, 0.25) is 0 Å². The van der Waals surface area contributed by atoms with Crippen molar-refractivity contribution in [1.82, 2.24) is 9.88 Å². The lowest BCUT2D eigenvalue weighted by Crippen LogP contribution is -2.52. The van der Waals surface area contributed by atoms with Crippen molar-refractivity contribution in [3.05, 3.63) is 83.0 Å². The van der Waals surface area contributed by atoms with Crippen molar-refractivity contribution in [2.24, 2.45) is 0 Å². The van der Waals surface area contributed by atoms with Gasteiger partial charge in [0.25, 0.3) is 5.91 Å². The van der Waals surface area contributed by atoms with Gasteiger partial charge in [0.15, 0.2) is 5.78 Å². The summed E-state index contributed by atoms with van der Waals surface area (Å²) in [4.78, 5) is 35.0. The maximum atomic E-state index is 13.6. The highest BCUT2D eigenvalue weighted by molar-refractivity contribution is 6.01. The number of carbonyl (C=O) groups is 2. The van der Waals surface area contributed by atoms with Gasteiger partial charge in [-0.25, -0.2) is 4.98 Å². The van der Waals surface area contributed by atoms with Gasteiger partial charge in [0.1, 0.15) is 17.2 Å². The number of aromatic nitrogens is 1. The van der Waals surface area contributed by atoms with Crippen LogP contribution in [-0.2, 0) is 11.3 Å². The topological polar surface area (TPSA) is 122 Å². The fourth-order valence-corrected chi connectivity index (χ4v) is 5.98. The van der Waals surface area contributed by atoms with Crippen molar-refractivity contribution < 1.29 is 19.1 Å². The molecule has 2 N–H and O–H groups in total. The van der Waals surface area contributed by atoms with Crippen molar-refractivity contribution in [3.63, 3.8) is 0 Å². The standard InChI is InChI=1S/C32H33N5O4/c33-19-23-6-7-29-26(16-23)28(38)18-32(41-29)10-14-37(15-11-32)31(39)25-17-30(35-20-27(25)34)36-12-8-24(9-13-36)40-21-22-4-2-1-3-5-22/h1-7,16-17,20,24H,8-15,18,21,34H2. The molecule has 4 heterocycles. The minimum absolute atomic E-state index is 0.0274. The van der Waals surface area contributed by atoms with Crippen LogP contribution in [0.1, 0.15) is 63.9 Å². The second-order valence-corrected chi connectivity index (χ2v) is 11.1. The van der Waals surface area contributed by atoms with Crippen molar-refractivity contribution in [3.8, 4) is 11.8 Å². The number of nitriles is 1. The molecule has 1 spiro atoms. The number of piperidine rings is 2. The summed E-state index contributed by atoms with van der Waals surface area (Å²) in [7, 11) is 0. The van der Waals surface area contributed by atoms with E-state index in [4.69, 9.17) is 20.5 Å². The zero-order chi connectivity index (χ0) is 28.4. The summed E-state index contributed by atoms with van der Waals surface area (Å²) in [6.45, 7) is 3.10. The summed E-state index contributed by atoms with van der Waals surface area (Å²) >= 11 is 0. The largest absolute Gasteiger partial charge is 0.486 e. The molecule has 3 aromatic rings. The average molecular weight is 552 g/mol. The molecule has 0 atom stereocenters. The van der Waals surface area contributed by atoms with Gasteiger partial charge in [-0.15, -0.1) is 0 Å². The van der Waals surface area contributed by atoms with Gasteiger partial charge < -0.3 is 25.0 Å². The highest BCUT2D eigenvalue weighted by atomic mass is 16.5. The van der Waals surface area contributed by atoms with E-state index in [0.717, 1.165) is 31.7 Å². The lowest BCUT2D eigenvalue weighted by atomic mass is 9.82. The molecule has 0 saturated carbocycles. The van der Waals surface area contributed by atoms with Crippen LogP contribution in [0.5, 0.6) is 5.75 Å². The van der Waals surface area contributed by atoms with Crippen LogP contribution in [0, 0.1) is 11.3 Å². The number of hydrogen-bond donors (Lipinski definition) is 1. The van der Waals surface area contributed by atoms with E-state index in [-0.39, 0.29) is 24.2 Å². The highest BCUT2D eigenvalue weighted by Gasteiger charge is 2.44. The SMILES string of the molecule is N#Cc1ccc2c(c1)C(=O)CC1(CCN(C(=O)c3cc(N4CCC(OCc5ccccc5)CC4)ncc3N)CC1)O2. The molecule has 2 saturated heterocycles. The van der Waals surface area contributed by atoms with E-state index in [9.17, 15) is 9.59 Å². The molecule has 3 aliphatic heterocycles. The van der Waals surface area contributed by atoms with Crippen molar-refractivity contribution in [2.45, 2.75) is 50.4 Å². The van der Waals surface area contributed by atoms with Crippen LogP contribution >= 0.6 is 0 Å². The molecule has 0 bridgehead atoms. The minimum atomic E-state index is -0.642. The summed E-state index contributed by atoms with van der Waals surface area (Å²) in [5.74, 6) is 1.09. The maximum Gasteiger partial charge on any atom is 0.256 e. The molecule has 1 aromatic heterocycles. The lowest BCUT2D eigenvalue weighted by Gasteiger charge is -2.44. The van der Waals surface area contributed by atoms with E-state index in [0.29, 0.717) is 60.7 Å². The predicted octanol–water partition coefficient (Wildman–Crippen LogP) is 4.36. The van der Waals surface area contributed by atoms with E-state index in [1.54, 1.807) is 35.4 Å². The molecule has 2 fully saturated rings. The quantitative estimate of drug-likeness (QED) is 0.496. The van der Waals surface area contributed by atoms with Gasteiger partial charge in [0.05, 0.1) is 53.8 Å². The number of amides is 1. The number of carbonyl (C=O) groups excluding carboxylic acids is 2. The van der Waals surface area contributed by atoms with Crippen LogP contribution in [0.4, 0.5) is 11.5 Å². The molecule has 2 aromatic carbocycles. The van der Waals surface area contributed by atoms with E-state index in [1.807, 2.05) is 18.2 Å². The fraction of sp³-hybridized carbons (Fsp3) is 0.375. The average Bonchev–Trinajstić information content (AvgIpc) is 3.01. The zero-order valence-electron chi connectivity index (χ0n) is 22.9. The zero-order valence-corrected chi connectivity index (χ0v) is 22.9. The van der Waals surface area contributed by atoms with Gasteiger partial charge in [-0.3, -0.25) is 9.59 Å². The number of ketones is 1. The molecule has 41 heavy (non-hydrogen) atoms. The molecule has 210 valence electrons. The van der Waals surface area contributed by atoms with Gasteiger partial charge >= 0.3 is 0 Å². The number of benzene rings is 2. The first-order valence-electron chi connectivity index (χ1n) is 14.1. The molecular weight excluding hydrogens is 518 g/mol. The molecule has 0 aliphatic carbocycles. The predicted molar refractivity (Wildman–Crippen MR) is 154 cm³/mol. The summed E-state index contributed by atoms with van der Waals surface area (Å²) in [5.41, 5.74) is 8.45. The summed E-state index contributed by atoms with van der Waals surface area (Å²) in [6.07, 6.45) is 4.85.